The lowest BCUT2D eigenvalue weighted by atomic mass is 9.98. The maximum absolute atomic E-state index is 12.7. The Morgan fingerprint density at radius 2 is 2.05 bits per heavy atom. The fourth-order valence-corrected chi connectivity index (χ4v) is 2.73. The highest BCUT2D eigenvalue weighted by Crippen LogP contribution is 2.32. The van der Waals surface area contributed by atoms with Gasteiger partial charge in [0, 0.05) is 18.7 Å². The molecule has 0 bridgehead atoms. The molecule has 108 valence electrons. The van der Waals surface area contributed by atoms with Gasteiger partial charge in [-0.25, -0.2) is 0 Å². The van der Waals surface area contributed by atoms with Crippen LogP contribution >= 0.6 is 0 Å². The molecule has 3 rings (SSSR count). The van der Waals surface area contributed by atoms with E-state index in [-0.39, 0.29) is 5.91 Å². The van der Waals surface area contributed by atoms with E-state index < -0.39 is 0 Å². The number of ether oxygens (including phenoxy) is 1. The van der Waals surface area contributed by atoms with E-state index in [1.165, 1.54) is 0 Å². The number of benzene rings is 2. The Morgan fingerprint density at radius 3 is 2.81 bits per heavy atom. The Labute approximate surface area is 124 Å². The van der Waals surface area contributed by atoms with Crippen LogP contribution in [0.25, 0.3) is 0 Å². The third-order valence-electron chi connectivity index (χ3n) is 3.87. The minimum Gasteiger partial charge on any atom is -0.495 e. The minimum atomic E-state index is 0.0237. The van der Waals surface area contributed by atoms with Crippen molar-refractivity contribution in [1.82, 2.24) is 0 Å². The molecule has 0 fully saturated rings. The Morgan fingerprint density at radius 1 is 1.24 bits per heavy atom. The molecule has 2 aromatic rings. The number of anilines is 1. The lowest BCUT2D eigenvalue weighted by Crippen LogP contribution is -2.37. The highest BCUT2D eigenvalue weighted by atomic mass is 16.5. The van der Waals surface area contributed by atoms with Gasteiger partial charge in [-0.1, -0.05) is 24.3 Å². The van der Waals surface area contributed by atoms with Gasteiger partial charge in [0.25, 0.3) is 5.91 Å². The van der Waals surface area contributed by atoms with Gasteiger partial charge in [-0.2, -0.15) is 0 Å². The molecule has 0 radical (unpaired) electrons. The first-order valence-corrected chi connectivity index (χ1v) is 7.01. The van der Waals surface area contributed by atoms with Gasteiger partial charge in [-0.05, 0) is 35.7 Å². The summed E-state index contributed by atoms with van der Waals surface area (Å²) in [5, 5.41) is 0. The maximum Gasteiger partial charge on any atom is 0.258 e. The average Bonchev–Trinajstić information content (AvgIpc) is 2.55. The van der Waals surface area contributed by atoms with Gasteiger partial charge >= 0.3 is 0 Å². The van der Waals surface area contributed by atoms with Gasteiger partial charge in [-0.3, -0.25) is 4.79 Å². The quantitative estimate of drug-likeness (QED) is 0.940. The third kappa shape index (κ3) is 2.38. The number of amides is 1. The summed E-state index contributed by atoms with van der Waals surface area (Å²) < 4.78 is 5.43. The van der Waals surface area contributed by atoms with E-state index in [4.69, 9.17) is 10.5 Å². The van der Waals surface area contributed by atoms with Crippen molar-refractivity contribution in [3.05, 3.63) is 59.2 Å². The summed E-state index contributed by atoms with van der Waals surface area (Å²) in [5.41, 5.74) is 9.32. The van der Waals surface area contributed by atoms with Crippen LogP contribution in [0, 0.1) is 0 Å². The summed E-state index contributed by atoms with van der Waals surface area (Å²) in [6.45, 7) is 1.11. The highest BCUT2D eigenvalue weighted by Gasteiger charge is 2.26. The molecule has 0 saturated heterocycles. The van der Waals surface area contributed by atoms with Gasteiger partial charge in [0.15, 0.2) is 0 Å². The summed E-state index contributed by atoms with van der Waals surface area (Å²) in [5.74, 6) is 0.710. The van der Waals surface area contributed by atoms with Gasteiger partial charge in [0.2, 0.25) is 0 Å². The molecule has 2 aromatic carbocycles. The molecule has 2 N–H and O–H groups in total. The Bertz CT molecular complexity index is 682. The summed E-state index contributed by atoms with van der Waals surface area (Å²) in [6.07, 6.45) is 0.851. The van der Waals surface area contributed by atoms with Crippen LogP contribution in [0.15, 0.2) is 42.5 Å². The molecule has 1 heterocycles. The van der Waals surface area contributed by atoms with Gasteiger partial charge < -0.3 is 15.4 Å². The second-order valence-corrected chi connectivity index (χ2v) is 5.07. The molecular formula is C17H18N2O2. The van der Waals surface area contributed by atoms with Crippen LogP contribution in [0.5, 0.6) is 5.75 Å². The Kier molecular flexibility index (Phi) is 3.62. The normalized spacial score (nSPS) is 14.0. The molecular weight excluding hydrogens is 264 g/mol. The fourth-order valence-electron chi connectivity index (χ4n) is 2.73. The lowest BCUT2D eigenvalue weighted by Gasteiger charge is -2.29. The van der Waals surface area contributed by atoms with Crippen LogP contribution in [0.3, 0.4) is 0 Å². The zero-order chi connectivity index (χ0) is 14.8. The van der Waals surface area contributed by atoms with E-state index in [9.17, 15) is 4.79 Å². The van der Waals surface area contributed by atoms with E-state index in [0.29, 0.717) is 18.8 Å². The molecule has 1 aliphatic rings. The summed E-state index contributed by atoms with van der Waals surface area (Å²) in [7, 11) is 1.61. The highest BCUT2D eigenvalue weighted by molar-refractivity contribution is 6.08. The Hall–Kier alpha value is -2.33. The number of nitrogens with zero attached hydrogens (tertiary/aromatic N) is 1. The molecule has 0 spiro atoms. The molecule has 1 aliphatic heterocycles. The summed E-state index contributed by atoms with van der Waals surface area (Å²) >= 11 is 0. The number of nitrogens with two attached hydrogens (primary N) is 1. The molecule has 0 aliphatic carbocycles. The van der Waals surface area contributed by atoms with E-state index in [1.807, 2.05) is 42.5 Å². The third-order valence-corrected chi connectivity index (χ3v) is 3.87. The standard InChI is InChI=1S/C17H18N2O2/c1-21-16-10-12(11-18)6-7-15(16)19-9-8-13-4-2-3-5-14(13)17(19)20/h2-7,10H,8-9,11,18H2,1H3. The predicted octanol–water partition coefficient (Wildman–Crippen LogP) is 2.36. The summed E-state index contributed by atoms with van der Waals surface area (Å²) in [6, 6.07) is 13.5. The minimum absolute atomic E-state index is 0.0237. The number of carbonyl (C=O) groups excluding carboxylic acids is 1. The van der Waals surface area contributed by atoms with E-state index in [2.05, 4.69) is 0 Å². The molecule has 4 nitrogen and oxygen atoms in total. The second kappa shape index (κ2) is 5.58. The molecule has 0 aromatic heterocycles. The first kappa shape index (κ1) is 13.6. The molecule has 0 atom stereocenters. The monoisotopic (exact) mass is 282 g/mol. The number of methoxy groups -OCH3 is 1. The molecule has 0 saturated carbocycles. The lowest BCUT2D eigenvalue weighted by molar-refractivity contribution is 0.0980. The van der Waals surface area contributed by atoms with Crippen LogP contribution in [-0.2, 0) is 13.0 Å². The van der Waals surface area contributed by atoms with Crippen molar-refractivity contribution in [3.63, 3.8) is 0 Å². The van der Waals surface area contributed by atoms with Gasteiger partial charge in [-0.15, -0.1) is 0 Å². The number of carbonyl (C=O) groups is 1. The number of rotatable bonds is 3. The van der Waals surface area contributed by atoms with Crippen molar-refractivity contribution >= 4 is 11.6 Å². The predicted molar refractivity (Wildman–Crippen MR) is 82.7 cm³/mol. The fraction of sp³-hybridized carbons (Fsp3) is 0.235. The SMILES string of the molecule is COc1cc(CN)ccc1N1CCc2ccccc2C1=O. The van der Waals surface area contributed by atoms with E-state index in [0.717, 1.165) is 28.8 Å². The Balaban J connectivity index is 2.01. The van der Waals surface area contributed by atoms with Crippen LogP contribution in [0.2, 0.25) is 0 Å². The first-order chi connectivity index (χ1) is 10.2. The topological polar surface area (TPSA) is 55.6 Å². The van der Waals surface area contributed by atoms with Crippen molar-refractivity contribution in [3.8, 4) is 5.75 Å². The molecule has 21 heavy (non-hydrogen) atoms. The molecule has 1 amide bonds. The van der Waals surface area contributed by atoms with Crippen molar-refractivity contribution in [2.24, 2.45) is 5.73 Å². The second-order valence-electron chi connectivity index (χ2n) is 5.07. The number of fused-ring (bicyclic) bond motifs is 1. The summed E-state index contributed by atoms with van der Waals surface area (Å²) in [4.78, 5) is 14.5. The van der Waals surface area contributed by atoms with E-state index >= 15 is 0 Å². The van der Waals surface area contributed by atoms with Crippen molar-refractivity contribution < 1.29 is 9.53 Å². The van der Waals surface area contributed by atoms with E-state index in [1.54, 1.807) is 12.0 Å². The van der Waals surface area contributed by atoms with Crippen molar-refractivity contribution in [2.45, 2.75) is 13.0 Å². The van der Waals surface area contributed by atoms with Gasteiger partial charge in [0.05, 0.1) is 12.8 Å². The number of hydrogen-bond donors (Lipinski definition) is 1. The maximum atomic E-state index is 12.7. The smallest absolute Gasteiger partial charge is 0.258 e. The van der Waals surface area contributed by atoms with Crippen molar-refractivity contribution in [2.75, 3.05) is 18.6 Å². The largest absolute Gasteiger partial charge is 0.495 e. The zero-order valence-electron chi connectivity index (χ0n) is 12.0. The molecule has 0 unspecified atom stereocenters. The van der Waals surface area contributed by atoms with Crippen LogP contribution < -0.4 is 15.4 Å². The first-order valence-electron chi connectivity index (χ1n) is 7.01. The molecule has 4 heteroatoms. The number of hydrogen-bond acceptors (Lipinski definition) is 3. The van der Waals surface area contributed by atoms with Gasteiger partial charge in [0.1, 0.15) is 5.75 Å². The van der Waals surface area contributed by atoms with Crippen LogP contribution in [0.4, 0.5) is 5.69 Å². The van der Waals surface area contributed by atoms with Crippen LogP contribution in [-0.4, -0.2) is 19.6 Å². The van der Waals surface area contributed by atoms with Crippen LogP contribution in [0.1, 0.15) is 21.5 Å². The van der Waals surface area contributed by atoms with Crippen molar-refractivity contribution in [1.29, 1.82) is 0 Å². The zero-order valence-corrected chi connectivity index (χ0v) is 12.0. The average molecular weight is 282 g/mol.